The monoisotopic (exact) mass is 292 g/mol. The maximum atomic E-state index is 4.26. The number of aliphatic imine (C=N–C) groups is 1. The van der Waals surface area contributed by atoms with Gasteiger partial charge in [-0.25, -0.2) is 0 Å². The van der Waals surface area contributed by atoms with E-state index in [1.807, 2.05) is 30.2 Å². The second kappa shape index (κ2) is 9.39. The van der Waals surface area contributed by atoms with E-state index in [4.69, 9.17) is 0 Å². The molecule has 2 N–H and O–H groups in total. The van der Waals surface area contributed by atoms with Crippen molar-refractivity contribution in [1.82, 2.24) is 25.3 Å². The molecular formula is C15H28N6. The summed E-state index contributed by atoms with van der Waals surface area (Å²) >= 11 is 0. The molecule has 0 spiro atoms. The summed E-state index contributed by atoms with van der Waals surface area (Å²) < 4.78 is 1.95. The predicted molar refractivity (Wildman–Crippen MR) is 86.5 cm³/mol. The van der Waals surface area contributed by atoms with Crippen LogP contribution in [0.5, 0.6) is 0 Å². The van der Waals surface area contributed by atoms with Crippen LogP contribution < -0.4 is 10.6 Å². The van der Waals surface area contributed by atoms with Crippen molar-refractivity contribution in [2.45, 2.75) is 32.2 Å². The van der Waals surface area contributed by atoms with Gasteiger partial charge < -0.3 is 15.5 Å². The fourth-order valence-corrected chi connectivity index (χ4v) is 2.62. The van der Waals surface area contributed by atoms with Gasteiger partial charge >= 0.3 is 0 Å². The van der Waals surface area contributed by atoms with Gasteiger partial charge in [0.2, 0.25) is 0 Å². The molecule has 1 fully saturated rings. The molecule has 2 heterocycles. The van der Waals surface area contributed by atoms with Crippen molar-refractivity contribution in [2.75, 3.05) is 39.8 Å². The lowest BCUT2D eigenvalue weighted by molar-refractivity contribution is 0.232. The van der Waals surface area contributed by atoms with Crippen LogP contribution in [0, 0.1) is 0 Å². The Balaban J connectivity index is 1.53. The molecule has 1 aromatic rings. The first-order chi connectivity index (χ1) is 10.4. The van der Waals surface area contributed by atoms with Crippen LogP contribution in [-0.4, -0.2) is 60.4 Å². The summed E-state index contributed by atoms with van der Waals surface area (Å²) in [5.74, 6) is 0.896. The first-order valence-corrected chi connectivity index (χ1v) is 8.03. The summed E-state index contributed by atoms with van der Waals surface area (Å²) in [6, 6.07) is 1.95. The molecule has 1 aromatic heterocycles. The van der Waals surface area contributed by atoms with E-state index in [2.05, 4.69) is 25.6 Å². The molecule has 1 aliphatic rings. The van der Waals surface area contributed by atoms with Gasteiger partial charge in [0.15, 0.2) is 5.96 Å². The van der Waals surface area contributed by atoms with Gasteiger partial charge in [-0.1, -0.05) is 6.42 Å². The van der Waals surface area contributed by atoms with E-state index in [0.717, 1.165) is 38.6 Å². The summed E-state index contributed by atoms with van der Waals surface area (Å²) in [6.07, 6.45) is 8.93. The van der Waals surface area contributed by atoms with E-state index in [0.29, 0.717) is 0 Å². The number of nitrogens with one attached hydrogen (secondary N) is 2. The first kappa shape index (κ1) is 15.8. The number of nitrogens with zero attached hydrogens (tertiary/aromatic N) is 4. The zero-order chi connectivity index (χ0) is 14.8. The Hall–Kier alpha value is -1.56. The van der Waals surface area contributed by atoms with Gasteiger partial charge in [0.05, 0.1) is 0 Å². The second-order valence-corrected chi connectivity index (χ2v) is 5.45. The molecule has 0 atom stereocenters. The summed E-state index contributed by atoms with van der Waals surface area (Å²) in [5, 5.41) is 10.9. The predicted octanol–water partition coefficient (Wildman–Crippen LogP) is 0.924. The van der Waals surface area contributed by atoms with E-state index < -0.39 is 0 Å². The van der Waals surface area contributed by atoms with Crippen molar-refractivity contribution >= 4 is 5.96 Å². The number of rotatable bonds is 7. The van der Waals surface area contributed by atoms with Crippen LogP contribution in [0.3, 0.4) is 0 Å². The molecule has 0 aromatic carbocycles. The van der Waals surface area contributed by atoms with E-state index in [1.54, 1.807) is 0 Å². The molecule has 1 aliphatic heterocycles. The van der Waals surface area contributed by atoms with Crippen LogP contribution >= 0.6 is 0 Å². The molecule has 0 aliphatic carbocycles. The van der Waals surface area contributed by atoms with Gasteiger partial charge in [0, 0.05) is 45.6 Å². The van der Waals surface area contributed by atoms with Crippen LogP contribution in [0.4, 0.5) is 0 Å². The third kappa shape index (κ3) is 6.16. The highest BCUT2D eigenvalue weighted by Crippen LogP contribution is 2.07. The fraction of sp³-hybridized carbons (Fsp3) is 0.733. The molecule has 6 nitrogen and oxygen atoms in total. The van der Waals surface area contributed by atoms with Gasteiger partial charge in [0.1, 0.15) is 0 Å². The van der Waals surface area contributed by atoms with Crippen molar-refractivity contribution in [3.63, 3.8) is 0 Å². The Morgan fingerprint density at radius 2 is 1.95 bits per heavy atom. The van der Waals surface area contributed by atoms with Crippen LogP contribution in [0.25, 0.3) is 0 Å². The number of aryl methyl sites for hydroxylation is 1. The number of hydrogen-bond acceptors (Lipinski definition) is 3. The minimum absolute atomic E-state index is 0.896. The SMILES string of the molecule is CN=C(NCCCn1cccn1)NCCN1CCCCC1. The largest absolute Gasteiger partial charge is 0.356 e. The minimum atomic E-state index is 0.896. The maximum absolute atomic E-state index is 4.26. The molecule has 0 bridgehead atoms. The van der Waals surface area contributed by atoms with Gasteiger partial charge in [-0.2, -0.15) is 5.10 Å². The third-order valence-electron chi connectivity index (χ3n) is 3.81. The highest BCUT2D eigenvalue weighted by molar-refractivity contribution is 5.79. The van der Waals surface area contributed by atoms with Crippen LogP contribution in [0.1, 0.15) is 25.7 Å². The quantitative estimate of drug-likeness (QED) is 0.446. The van der Waals surface area contributed by atoms with Crippen molar-refractivity contribution in [2.24, 2.45) is 4.99 Å². The Labute approximate surface area is 127 Å². The fourth-order valence-electron chi connectivity index (χ4n) is 2.62. The van der Waals surface area contributed by atoms with Crippen LogP contribution in [0.2, 0.25) is 0 Å². The van der Waals surface area contributed by atoms with E-state index in [-0.39, 0.29) is 0 Å². The van der Waals surface area contributed by atoms with Crippen molar-refractivity contribution < 1.29 is 0 Å². The zero-order valence-corrected chi connectivity index (χ0v) is 13.1. The number of likely N-dealkylation sites (tertiary alicyclic amines) is 1. The van der Waals surface area contributed by atoms with Crippen molar-refractivity contribution in [1.29, 1.82) is 0 Å². The van der Waals surface area contributed by atoms with Gasteiger partial charge in [-0.3, -0.25) is 9.67 Å². The molecule has 1 saturated heterocycles. The molecule has 118 valence electrons. The molecule has 6 heteroatoms. The molecule has 2 rings (SSSR count). The highest BCUT2D eigenvalue weighted by atomic mass is 15.3. The first-order valence-electron chi connectivity index (χ1n) is 8.03. The molecule has 0 unspecified atom stereocenters. The van der Waals surface area contributed by atoms with Gasteiger partial charge in [-0.15, -0.1) is 0 Å². The lowest BCUT2D eigenvalue weighted by Gasteiger charge is -2.26. The second-order valence-electron chi connectivity index (χ2n) is 5.45. The lowest BCUT2D eigenvalue weighted by atomic mass is 10.1. The topological polar surface area (TPSA) is 57.5 Å². The minimum Gasteiger partial charge on any atom is -0.356 e. The van der Waals surface area contributed by atoms with Gasteiger partial charge in [0.25, 0.3) is 0 Å². The Bertz CT molecular complexity index is 394. The van der Waals surface area contributed by atoms with E-state index >= 15 is 0 Å². The summed E-state index contributed by atoms with van der Waals surface area (Å²) in [7, 11) is 1.82. The standard InChI is InChI=1S/C15H28N6/c1-16-15(17-7-5-12-21-13-6-8-19-21)18-9-14-20-10-3-2-4-11-20/h6,8,13H,2-5,7,9-12,14H2,1H3,(H2,16,17,18). The van der Waals surface area contributed by atoms with Gasteiger partial charge in [-0.05, 0) is 38.4 Å². The molecular weight excluding hydrogens is 264 g/mol. The summed E-state index contributed by atoms with van der Waals surface area (Å²) in [6.45, 7) is 6.40. The van der Waals surface area contributed by atoms with Crippen LogP contribution in [0.15, 0.2) is 23.5 Å². The Morgan fingerprint density at radius 1 is 1.14 bits per heavy atom. The van der Waals surface area contributed by atoms with E-state index in [1.165, 1.54) is 32.4 Å². The molecule has 0 radical (unpaired) electrons. The molecule has 0 amide bonds. The Kier molecular flexibility index (Phi) is 7.07. The van der Waals surface area contributed by atoms with Crippen LogP contribution in [-0.2, 0) is 6.54 Å². The lowest BCUT2D eigenvalue weighted by Crippen LogP contribution is -2.43. The summed E-state index contributed by atoms with van der Waals surface area (Å²) in [5.41, 5.74) is 0. The number of hydrogen-bond donors (Lipinski definition) is 2. The average molecular weight is 292 g/mol. The highest BCUT2D eigenvalue weighted by Gasteiger charge is 2.09. The zero-order valence-electron chi connectivity index (χ0n) is 13.1. The number of guanidine groups is 1. The Morgan fingerprint density at radius 3 is 2.67 bits per heavy atom. The third-order valence-corrected chi connectivity index (χ3v) is 3.81. The van der Waals surface area contributed by atoms with Crippen molar-refractivity contribution in [3.05, 3.63) is 18.5 Å². The number of aromatic nitrogens is 2. The summed E-state index contributed by atoms with van der Waals surface area (Å²) in [4.78, 5) is 6.79. The normalized spacial score (nSPS) is 16.9. The maximum Gasteiger partial charge on any atom is 0.191 e. The average Bonchev–Trinajstić information content (AvgIpc) is 3.04. The van der Waals surface area contributed by atoms with Crippen molar-refractivity contribution in [3.8, 4) is 0 Å². The molecule has 0 saturated carbocycles. The smallest absolute Gasteiger partial charge is 0.191 e. The van der Waals surface area contributed by atoms with E-state index in [9.17, 15) is 0 Å². The number of piperidine rings is 1. The molecule has 21 heavy (non-hydrogen) atoms.